The van der Waals surface area contributed by atoms with Crippen LogP contribution in [0.1, 0.15) is 46.7 Å². The predicted molar refractivity (Wildman–Crippen MR) is 141 cm³/mol. The summed E-state index contributed by atoms with van der Waals surface area (Å²) in [6.07, 6.45) is -0.191. The average Bonchev–Trinajstić information content (AvgIpc) is 2.81. The molecule has 0 spiro atoms. The van der Waals surface area contributed by atoms with Crippen molar-refractivity contribution < 1.29 is 18.0 Å². The molecule has 2 aromatic rings. The van der Waals surface area contributed by atoms with Crippen molar-refractivity contribution in [1.82, 2.24) is 10.2 Å². The number of nitrogens with zero attached hydrogens (tertiary/aromatic N) is 2. The van der Waals surface area contributed by atoms with Gasteiger partial charge in [0.1, 0.15) is 0 Å². The number of alkyl halides is 3. The zero-order chi connectivity index (χ0) is 26.5. The zero-order valence-electron chi connectivity index (χ0n) is 18.9. The van der Waals surface area contributed by atoms with Crippen molar-refractivity contribution in [1.29, 1.82) is 5.26 Å². The number of halogens is 7. The predicted octanol–water partition coefficient (Wildman–Crippen LogP) is 7.88. The third-order valence-electron chi connectivity index (χ3n) is 5.90. The molecule has 1 N–H and O–H groups in total. The van der Waals surface area contributed by atoms with E-state index in [0.717, 1.165) is 50.7 Å². The Labute approximate surface area is 231 Å². The number of nitriles is 1. The first-order valence-electron chi connectivity index (χ1n) is 11.1. The van der Waals surface area contributed by atoms with E-state index in [2.05, 4.69) is 32.2 Å². The van der Waals surface area contributed by atoms with Crippen molar-refractivity contribution in [3.8, 4) is 6.07 Å². The van der Waals surface area contributed by atoms with Gasteiger partial charge in [-0.3, -0.25) is 4.79 Å². The maximum Gasteiger partial charge on any atom is 0.399 e. The number of carbonyl (C=O) groups is 1. The maximum absolute atomic E-state index is 13.8. The van der Waals surface area contributed by atoms with E-state index in [1.165, 1.54) is 6.08 Å². The molecule has 1 unspecified atom stereocenters. The number of carbonyl (C=O) groups excluding carboxylic acids is 1. The lowest BCUT2D eigenvalue weighted by molar-refractivity contribution is -0.139. The van der Waals surface area contributed by atoms with E-state index < -0.39 is 12.1 Å². The molecule has 36 heavy (non-hydrogen) atoms. The largest absolute Gasteiger partial charge is 0.399 e. The van der Waals surface area contributed by atoms with Gasteiger partial charge in [-0.15, -0.1) is 0 Å². The summed E-state index contributed by atoms with van der Waals surface area (Å²) < 4.78 is 41.8. The van der Waals surface area contributed by atoms with Crippen LogP contribution in [0.25, 0.3) is 6.08 Å². The summed E-state index contributed by atoms with van der Waals surface area (Å²) in [6, 6.07) is 9.19. The SMILES string of the molecule is N#CCCN1CCC(NC(=O)c2ccc(/C=C/C(c3cc(Cl)c(Cl)c(Cl)c3)C(F)(F)F)cc2Br)CC1. The van der Waals surface area contributed by atoms with E-state index in [1.807, 2.05) is 0 Å². The Balaban J connectivity index is 1.70. The second kappa shape index (κ2) is 12.7. The topological polar surface area (TPSA) is 56.1 Å². The number of benzene rings is 2. The Morgan fingerprint density at radius 3 is 2.39 bits per heavy atom. The molecule has 1 aliphatic heterocycles. The molecule has 3 rings (SSSR count). The summed E-state index contributed by atoms with van der Waals surface area (Å²) in [4.78, 5) is 15.0. The van der Waals surface area contributed by atoms with Gasteiger partial charge in [0.15, 0.2) is 0 Å². The molecule has 4 nitrogen and oxygen atoms in total. The minimum Gasteiger partial charge on any atom is -0.349 e. The van der Waals surface area contributed by atoms with Gasteiger partial charge in [-0.05, 0) is 64.2 Å². The zero-order valence-corrected chi connectivity index (χ0v) is 22.7. The first-order valence-corrected chi connectivity index (χ1v) is 13.0. The van der Waals surface area contributed by atoms with Crippen molar-refractivity contribution >= 4 is 62.7 Å². The summed E-state index contributed by atoms with van der Waals surface area (Å²) in [5, 5.41) is 11.6. The van der Waals surface area contributed by atoms with Crippen molar-refractivity contribution in [2.45, 2.75) is 37.4 Å². The fraction of sp³-hybridized carbons (Fsp3) is 0.360. The van der Waals surface area contributed by atoms with Gasteiger partial charge in [0.05, 0.1) is 32.6 Å². The van der Waals surface area contributed by atoms with E-state index in [9.17, 15) is 18.0 Å². The molecule has 0 radical (unpaired) electrons. The lowest BCUT2D eigenvalue weighted by atomic mass is 9.97. The Morgan fingerprint density at radius 1 is 1.19 bits per heavy atom. The third kappa shape index (κ3) is 7.62. The molecule has 0 bridgehead atoms. The Morgan fingerprint density at radius 2 is 1.83 bits per heavy atom. The van der Waals surface area contributed by atoms with Gasteiger partial charge in [-0.25, -0.2) is 0 Å². The summed E-state index contributed by atoms with van der Waals surface area (Å²) >= 11 is 21.1. The molecule has 1 aliphatic rings. The molecule has 1 fully saturated rings. The fourth-order valence-corrected chi connectivity index (χ4v) is 5.15. The van der Waals surface area contributed by atoms with Gasteiger partial charge in [-0.1, -0.05) is 53.0 Å². The first-order chi connectivity index (χ1) is 17.0. The second-order valence-electron chi connectivity index (χ2n) is 8.41. The monoisotopic (exact) mass is 621 g/mol. The Bertz CT molecular complexity index is 1150. The van der Waals surface area contributed by atoms with Gasteiger partial charge in [0.25, 0.3) is 5.91 Å². The van der Waals surface area contributed by atoms with Gasteiger partial charge in [0.2, 0.25) is 0 Å². The van der Waals surface area contributed by atoms with Gasteiger partial charge < -0.3 is 10.2 Å². The van der Waals surface area contributed by atoms with Crippen LogP contribution in [0, 0.1) is 11.3 Å². The van der Waals surface area contributed by atoms with Crippen LogP contribution >= 0.6 is 50.7 Å². The highest BCUT2D eigenvalue weighted by atomic mass is 79.9. The summed E-state index contributed by atoms with van der Waals surface area (Å²) in [6.45, 7) is 2.34. The number of likely N-dealkylation sites (tertiary alicyclic amines) is 1. The molecule has 1 amide bonds. The van der Waals surface area contributed by atoms with Crippen LogP contribution in [-0.4, -0.2) is 42.7 Å². The summed E-state index contributed by atoms with van der Waals surface area (Å²) in [7, 11) is 0. The smallest absolute Gasteiger partial charge is 0.349 e. The maximum atomic E-state index is 13.8. The minimum absolute atomic E-state index is 0.00525. The van der Waals surface area contributed by atoms with Crippen molar-refractivity contribution in [2.24, 2.45) is 0 Å². The second-order valence-corrected chi connectivity index (χ2v) is 10.5. The lowest BCUT2D eigenvalue weighted by Gasteiger charge is -2.31. The normalized spacial score (nSPS) is 16.2. The van der Waals surface area contributed by atoms with Crippen LogP contribution in [0.2, 0.25) is 15.1 Å². The average molecular weight is 624 g/mol. The molecule has 0 aromatic heterocycles. The molecule has 1 saturated heterocycles. The fourth-order valence-electron chi connectivity index (χ4n) is 3.96. The molecular formula is C25H22BrCl3F3N3O. The van der Waals surface area contributed by atoms with Crippen LogP contribution in [0.3, 0.4) is 0 Å². The molecule has 0 aliphatic carbocycles. The molecule has 11 heteroatoms. The van der Waals surface area contributed by atoms with Crippen LogP contribution in [-0.2, 0) is 0 Å². The van der Waals surface area contributed by atoms with E-state index in [1.54, 1.807) is 18.2 Å². The van der Waals surface area contributed by atoms with Crippen LogP contribution in [0.5, 0.6) is 0 Å². The highest BCUT2D eigenvalue weighted by Gasteiger charge is 2.39. The van der Waals surface area contributed by atoms with Crippen LogP contribution in [0.15, 0.2) is 40.9 Å². The summed E-state index contributed by atoms with van der Waals surface area (Å²) in [5.41, 5.74) is 0.735. The molecule has 1 heterocycles. The standard InChI is InChI=1S/C25H22BrCl3F3N3O/c26-20-12-15(3-5-19(25(30,31)32)16-13-21(27)23(29)22(28)14-16)2-4-18(20)24(36)34-17-6-10-35(11-7-17)9-1-8-33/h2-5,12-14,17,19H,1,6-7,9-11H2,(H,34,36)/b5-3+. The number of hydrogen-bond acceptors (Lipinski definition) is 3. The van der Waals surface area contributed by atoms with Gasteiger partial charge in [-0.2, -0.15) is 18.4 Å². The number of hydrogen-bond donors (Lipinski definition) is 1. The molecule has 2 aromatic carbocycles. The third-order valence-corrected chi connectivity index (χ3v) is 7.75. The van der Waals surface area contributed by atoms with Gasteiger partial charge in [0, 0.05) is 36.6 Å². The van der Waals surface area contributed by atoms with Crippen LogP contribution in [0.4, 0.5) is 13.2 Å². The summed E-state index contributed by atoms with van der Waals surface area (Å²) in [5.74, 6) is -2.21. The quantitative estimate of drug-likeness (QED) is 0.320. The number of rotatable bonds is 7. The Hall–Kier alpha value is -1.76. The highest BCUT2D eigenvalue weighted by molar-refractivity contribution is 9.10. The van der Waals surface area contributed by atoms with Crippen molar-refractivity contribution in [3.05, 3.63) is 72.6 Å². The van der Waals surface area contributed by atoms with E-state index in [4.69, 9.17) is 40.1 Å². The minimum atomic E-state index is -4.59. The molecule has 0 saturated carbocycles. The van der Waals surface area contributed by atoms with E-state index >= 15 is 0 Å². The Kier molecular flexibility index (Phi) is 10.1. The highest BCUT2D eigenvalue weighted by Crippen LogP contribution is 2.41. The van der Waals surface area contributed by atoms with Crippen molar-refractivity contribution in [2.75, 3.05) is 19.6 Å². The number of amides is 1. The number of allylic oxidation sites excluding steroid dienone is 1. The van der Waals surface area contributed by atoms with Crippen molar-refractivity contribution in [3.63, 3.8) is 0 Å². The molecule has 1 atom stereocenters. The van der Waals surface area contributed by atoms with Crippen LogP contribution < -0.4 is 5.32 Å². The lowest BCUT2D eigenvalue weighted by Crippen LogP contribution is -2.44. The van der Waals surface area contributed by atoms with Gasteiger partial charge >= 0.3 is 6.18 Å². The first kappa shape index (κ1) is 28.8. The molecular weight excluding hydrogens is 602 g/mol. The van der Waals surface area contributed by atoms with E-state index in [0.29, 0.717) is 22.0 Å². The molecule has 192 valence electrons. The number of piperidine rings is 1. The van der Waals surface area contributed by atoms with E-state index in [-0.39, 0.29) is 32.6 Å². The number of nitrogens with one attached hydrogen (secondary N) is 1.